The third kappa shape index (κ3) is 3.64. The number of nitrogens with zero attached hydrogens (tertiary/aromatic N) is 1. The minimum absolute atomic E-state index is 0.146. The molecule has 3 N–H and O–H groups in total. The number of aliphatic imine (C=N–C) groups is 1. The maximum Gasteiger partial charge on any atom is 0.189 e. The van der Waals surface area contributed by atoms with Crippen molar-refractivity contribution in [3.8, 4) is 0 Å². The number of nitrogens with one attached hydrogen (secondary N) is 1. The first-order valence-electron chi connectivity index (χ1n) is 6.50. The van der Waals surface area contributed by atoms with Crippen LogP contribution in [0.5, 0.6) is 0 Å². The average molecular weight is 266 g/mol. The van der Waals surface area contributed by atoms with E-state index in [4.69, 9.17) is 17.3 Å². The lowest BCUT2D eigenvalue weighted by molar-refractivity contribution is 0.669. The van der Waals surface area contributed by atoms with Crippen LogP contribution in [0.15, 0.2) is 29.3 Å². The van der Waals surface area contributed by atoms with Gasteiger partial charge in [0, 0.05) is 5.02 Å². The van der Waals surface area contributed by atoms with E-state index in [9.17, 15) is 0 Å². The van der Waals surface area contributed by atoms with Gasteiger partial charge in [0.05, 0.1) is 12.1 Å². The van der Waals surface area contributed by atoms with Crippen LogP contribution in [0.3, 0.4) is 0 Å². The molecule has 1 atom stereocenters. The van der Waals surface area contributed by atoms with Crippen molar-refractivity contribution in [1.82, 2.24) is 5.32 Å². The molecule has 1 aromatic carbocycles. The highest BCUT2D eigenvalue weighted by Crippen LogP contribution is 2.21. The van der Waals surface area contributed by atoms with Crippen LogP contribution in [0.1, 0.15) is 44.2 Å². The van der Waals surface area contributed by atoms with E-state index in [1.165, 1.54) is 12.8 Å². The zero-order valence-electron chi connectivity index (χ0n) is 10.7. The summed E-state index contributed by atoms with van der Waals surface area (Å²) in [7, 11) is 0. The fraction of sp³-hybridized carbons (Fsp3) is 0.500. The second-order valence-electron chi connectivity index (χ2n) is 4.87. The predicted octanol–water partition coefficient (Wildman–Crippen LogP) is 3.25. The quantitative estimate of drug-likeness (QED) is 0.651. The Kier molecular flexibility index (Phi) is 4.48. The zero-order chi connectivity index (χ0) is 13.0. The Morgan fingerprint density at radius 1 is 1.33 bits per heavy atom. The molecule has 0 aromatic heterocycles. The monoisotopic (exact) mass is 265 g/mol. The predicted molar refractivity (Wildman–Crippen MR) is 76.9 cm³/mol. The molecule has 0 heterocycles. The molecule has 0 amide bonds. The zero-order valence-corrected chi connectivity index (χ0v) is 11.5. The molecule has 0 bridgehead atoms. The Hall–Kier alpha value is -1.22. The first kappa shape index (κ1) is 13.2. The molecule has 1 unspecified atom stereocenters. The standard InChI is InChI=1S/C14H20ClN3/c1-10(11-6-8-12(15)9-7-11)17-14(16)18-13-4-2-3-5-13/h6-10,13H,2-5H2,1H3,(H3,16,17,18). The molecule has 1 aromatic rings. The fourth-order valence-electron chi connectivity index (χ4n) is 2.32. The molecule has 0 spiro atoms. The van der Waals surface area contributed by atoms with Crippen molar-refractivity contribution >= 4 is 17.6 Å². The second kappa shape index (κ2) is 6.10. The van der Waals surface area contributed by atoms with Crippen molar-refractivity contribution in [3.05, 3.63) is 34.9 Å². The van der Waals surface area contributed by atoms with Crippen molar-refractivity contribution in [2.24, 2.45) is 10.7 Å². The van der Waals surface area contributed by atoms with Crippen LogP contribution in [0.2, 0.25) is 5.02 Å². The molecule has 1 aliphatic rings. The van der Waals surface area contributed by atoms with Gasteiger partial charge in [0.15, 0.2) is 5.96 Å². The van der Waals surface area contributed by atoms with Crippen LogP contribution in [-0.4, -0.2) is 12.0 Å². The maximum absolute atomic E-state index is 5.93. The number of benzene rings is 1. The Balaban J connectivity index is 1.93. The summed E-state index contributed by atoms with van der Waals surface area (Å²) in [6, 6.07) is 8.34. The Morgan fingerprint density at radius 2 is 1.94 bits per heavy atom. The number of guanidine groups is 1. The van der Waals surface area contributed by atoms with Crippen molar-refractivity contribution in [2.75, 3.05) is 0 Å². The van der Waals surface area contributed by atoms with Crippen molar-refractivity contribution in [3.63, 3.8) is 0 Å². The molecular formula is C14H20ClN3. The van der Waals surface area contributed by atoms with Gasteiger partial charge < -0.3 is 11.1 Å². The van der Waals surface area contributed by atoms with Gasteiger partial charge in [-0.25, -0.2) is 0 Å². The smallest absolute Gasteiger partial charge is 0.189 e. The summed E-state index contributed by atoms with van der Waals surface area (Å²) in [4.78, 5) is 4.52. The van der Waals surface area contributed by atoms with E-state index in [2.05, 4.69) is 17.2 Å². The van der Waals surface area contributed by atoms with E-state index in [1.807, 2.05) is 24.3 Å². The van der Waals surface area contributed by atoms with Gasteiger partial charge >= 0.3 is 0 Å². The minimum atomic E-state index is 0.146. The molecule has 18 heavy (non-hydrogen) atoms. The average Bonchev–Trinajstić information content (AvgIpc) is 2.82. The SMILES string of the molecule is CC(NC(N)=NC1CCCC1)c1ccc(Cl)cc1. The van der Waals surface area contributed by atoms with Gasteiger partial charge in [-0.05, 0) is 37.5 Å². The molecule has 0 saturated heterocycles. The summed E-state index contributed by atoms with van der Waals surface area (Å²) in [6.45, 7) is 2.07. The highest BCUT2D eigenvalue weighted by molar-refractivity contribution is 6.30. The third-order valence-corrected chi connectivity index (χ3v) is 3.63. The highest BCUT2D eigenvalue weighted by atomic mass is 35.5. The normalized spacial score (nSPS) is 18.9. The topological polar surface area (TPSA) is 50.4 Å². The molecule has 0 aliphatic heterocycles. The van der Waals surface area contributed by atoms with E-state index in [-0.39, 0.29) is 6.04 Å². The minimum Gasteiger partial charge on any atom is -0.370 e. The number of nitrogens with two attached hydrogens (primary N) is 1. The van der Waals surface area contributed by atoms with Gasteiger partial charge in [-0.1, -0.05) is 36.6 Å². The van der Waals surface area contributed by atoms with Crippen molar-refractivity contribution < 1.29 is 0 Å². The lowest BCUT2D eigenvalue weighted by Gasteiger charge is -2.16. The summed E-state index contributed by atoms with van der Waals surface area (Å²) in [6.07, 6.45) is 4.87. The van der Waals surface area contributed by atoms with Gasteiger partial charge in [0.1, 0.15) is 0 Å². The molecule has 3 nitrogen and oxygen atoms in total. The summed E-state index contributed by atoms with van der Waals surface area (Å²) in [5.41, 5.74) is 7.09. The molecule has 2 rings (SSSR count). The van der Waals surface area contributed by atoms with Gasteiger partial charge in [-0.2, -0.15) is 0 Å². The lowest BCUT2D eigenvalue weighted by Crippen LogP contribution is -2.34. The molecule has 4 heteroatoms. The summed E-state index contributed by atoms with van der Waals surface area (Å²) < 4.78 is 0. The second-order valence-corrected chi connectivity index (χ2v) is 5.31. The van der Waals surface area contributed by atoms with E-state index in [0.717, 1.165) is 23.4 Å². The number of halogens is 1. The highest BCUT2D eigenvalue weighted by Gasteiger charge is 2.14. The van der Waals surface area contributed by atoms with Crippen LogP contribution in [-0.2, 0) is 0 Å². The van der Waals surface area contributed by atoms with Crippen molar-refractivity contribution in [1.29, 1.82) is 0 Å². The van der Waals surface area contributed by atoms with Crippen LogP contribution < -0.4 is 11.1 Å². The Morgan fingerprint density at radius 3 is 2.56 bits per heavy atom. The van der Waals surface area contributed by atoms with Gasteiger partial charge in [-0.15, -0.1) is 0 Å². The number of hydrogen-bond donors (Lipinski definition) is 2. The van der Waals surface area contributed by atoms with Crippen LogP contribution in [0.4, 0.5) is 0 Å². The number of rotatable bonds is 3. The van der Waals surface area contributed by atoms with E-state index in [1.54, 1.807) is 0 Å². The molecule has 0 radical (unpaired) electrons. The summed E-state index contributed by atoms with van der Waals surface area (Å²) >= 11 is 5.87. The summed E-state index contributed by atoms with van der Waals surface area (Å²) in [5.74, 6) is 0.546. The third-order valence-electron chi connectivity index (χ3n) is 3.38. The largest absolute Gasteiger partial charge is 0.370 e. The maximum atomic E-state index is 5.93. The molecule has 1 aliphatic carbocycles. The molecular weight excluding hydrogens is 246 g/mol. The van der Waals surface area contributed by atoms with Crippen LogP contribution in [0, 0.1) is 0 Å². The van der Waals surface area contributed by atoms with Gasteiger partial charge in [0.2, 0.25) is 0 Å². The van der Waals surface area contributed by atoms with Crippen LogP contribution >= 0.6 is 11.6 Å². The van der Waals surface area contributed by atoms with Gasteiger partial charge in [0.25, 0.3) is 0 Å². The number of hydrogen-bond acceptors (Lipinski definition) is 1. The van der Waals surface area contributed by atoms with E-state index in [0.29, 0.717) is 12.0 Å². The van der Waals surface area contributed by atoms with Crippen molar-refractivity contribution in [2.45, 2.75) is 44.7 Å². The van der Waals surface area contributed by atoms with E-state index < -0.39 is 0 Å². The molecule has 1 fully saturated rings. The van der Waals surface area contributed by atoms with E-state index >= 15 is 0 Å². The molecule has 98 valence electrons. The summed E-state index contributed by atoms with van der Waals surface area (Å²) in [5, 5.41) is 3.98. The first-order chi connectivity index (χ1) is 8.65. The Bertz CT molecular complexity index is 408. The fourth-order valence-corrected chi connectivity index (χ4v) is 2.45. The molecule has 1 saturated carbocycles. The van der Waals surface area contributed by atoms with Crippen LogP contribution in [0.25, 0.3) is 0 Å². The van der Waals surface area contributed by atoms with Gasteiger partial charge in [-0.3, -0.25) is 4.99 Å². The first-order valence-corrected chi connectivity index (χ1v) is 6.88. The lowest BCUT2D eigenvalue weighted by atomic mass is 10.1. The Labute approximate surface area is 113 Å².